The van der Waals surface area contributed by atoms with Gasteiger partial charge in [-0.15, -0.1) is 0 Å². The number of aromatic amines is 1. The predicted octanol–water partition coefficient (Wildman–Crippen LogP) is 2.40. The highest BCUT2D eigenvalue weighted by Gasteiger charge is 2.09. The van der Waals surface area contributed by atoms with Crippen LogP contribution in [0, 0.1) is 0 Å². The van der Waals surface area contributed by atoms with Gasteiger partial charge in [-0.25, -0.2) is 8.42 Å². The lowest BCUT2D eigenvalue weighted by molar-refractivity contribution is 0.102. The molecule has 2 rings (SSSR count). The Morgan fingerprint density at radius 1 is 1.25 bits per heavy atom. The number of H-pyrrole nitrogens is 1. The number of benzene rings is 1. The van der Waals surface area contributed by atoms with Crippen LogP contribution in [0.3, 0.4) is 0 Å². The molecule has 0 atom stereocenters. The van der Waals surface area contributed by atoms with E-state index >= 15 is 0 Å². The molecule has 1 aromatic heterocycles. The second-order valence-electron chi connectivity index (χ2n) is 4.14. The van der Waals surface area contributed by atoms with Crippen LogP contribution in [0.4, 0.5) is 11.4 Å². The summed E-state index contributed by atoms with van der Waals surface area (Å²) in [5.41, 5.74) is 1.28. The monoisotopic (exact) mass is 357 g/mol. The molecule has 0 saturated heterocycles. The van der Waals surface area contributed by atoms with Crippen molar-refractivity contribution in [3.63, 3.8) is 0 Å². The van der Waals surface area contributed by atoms with Crippen LogP contribution in [0.25, 0.3) is 0 Å². The zero-order chi connectivity index (χ0) is 14.8. The van der Waals surface area contributed by atoms with E-state index in [0.29, 0.717) is 17.1 Å². The number of carbonyl (C=O) groups excluding carboxylic acids is 1. The third kappa shape index (κ3) is 4.10. The molecule has 106 valence electrons. The molecule has 0 unspecified atom stereocenters. The van der Waals surface area contributed by atoms with Crippen molar-refractivity contribution in [2.45, 2.75) is 0 Å². The minimum Gasteiger partial charge on any atom is -0.356 e. The van der Waals surface area contributed by atoms with Crippen LogP contribution < -0.4 is 10.0 Å². The molecule has 0 spiro atoms. The summed E-state index contributed by atoms with van der Waals surface area (Å²) < 4.78 is 25.4. The average molecular weight is 358 g/mol. The highest BCUT2D eigenvalue weighted by Crippen LogP contribution is 2.17. The Labute approximate surface area is 124 Å². The maximum atomic E-state index is 11.9. The number of hydrogen-bond donors (Lipinski definition) is 3. The van der Waals surface area contributed by atoms with Gasteiger partial charge in [-0.3, -0.25) is 9.52 Å². The topological polar surface area (TPSA) is 91.1 Å². The lowest BCUT2D eigenvalue weighted by Crippen LogP contribution is -2.13. The number of carbonyl (C=O) groups is 1. The number of sulfonamides is 1. The van der Waals surface area contributed by atoms with E-state index in [1.165, 1.54) is 6.07 Å². The van der Waals surface area contributed by atoms with Crippen molar-refractivity contribution < 1.29 is 13.2 Å². The number of aromatic nitrogens is 1. The quantitative estimate of drug-likeness (QED) is 0.784. The Morgan fingerprint density at radius 2 is 1.95 bits per heavy atom. The molecule has 6 nitrogen and oxygen atoms in total. The Kier molecular flexibility index (Phi) is 4.15. The number of rotatable bonds is 4. The average Bonchev–Trinajstić information content (AvgIpc) is 2.74. The van der Waals surface area contributed by atoms with Crippen molar-refractivity contribution >= 4 is 43.2 Å². The number of amides is 1. The molecule has 0 bridgehead atoms. The minimum absolute atomic E-state index is 0.313. The van der Waals surface area contributed by atoms with Crippen molar-refractivity contribution in [3.05, 3.63) is 46.7 Å². The molecule has 1 amide bonds. The lowest BCUT2D eigenvalue weighted by atomic mass is 10.2. The predicted molar refractivity (Wildman–Crippen MR) is 81.4 cm³/mol. The molecule has 0 saturated carbocycles. The van der Waals surface area contributed by atoms with E-state index < -0.39 is 10.0 Å². The van der Waals surface area contributed by atoms with Crippen molar-refractivity contribution in [1.82, 2.24) is 4.98 Å². The van der Waals surface area contributed by atoms with E-state index in [-0.39, 0.29) is 5.91 Å². The normalized spacial score (nSPS) is 11.1. The van der Waals surface area contributed by atoms with E-state index in [2.05, 4.69) is 31.0 Å². The maximum Gasteiger partial charge on any atom is 0.272 e. The summed E-state index contributed by atoms with van der Waals surface area (Å²) >= 11 is 3.24. The van der Waals surface area contributed by atoms with Gasteiger partial charge in [-0.05, 0) is 40.2 Å². The second kappa shape index (κ2) is 5.68. The van der Waals surface area contributed by atoms with Gasteiger partial charge in [-0.1, -0.05) is 6.07 Å². The number of halogens is 1. The Morgan fingerprint density at radius 3 is 2.55 bits per heavy atom. The molecule has 20 heavy (non-hydrogen) atoms. The molecule has 8 heteroatoms. The highest BCUT2D eigenvalue weighted by atomic mass is 79.9. The molecular weight excluding hydrogens is 346 g/mol. The van der Waals surface area contributed by atoms with Crippen molar-refractivity contribution in [2.24, 2.45) is 0 Å². The third-order valence-electron chi connectivity index (χ3n) is 2.32. The van der Waals surface area contributed by atoms with Crippen LogP contribution in [0.1, 0.15) is 10.5 Å². The molecular formula is C12H12BrN3O3S. The number of anilines is 2. The SMILES string of the molecule is CS(=O)(=O)Nc1cccc(NC(=O)c2cc(Br)c[nH]2)c1. The van der Waals surface area contributed by atoms with E-state index in [0.717, 1.165) is 10.7 Å². The molecule has 0 aliphatic rings. The van der Waals surface area contributed by atoms with Gasteiger partial charge in [-0.2, -0.15) is 0 Å². The van der Waals surface area contributed by atoms with Gasteiger partial charge in [0, 0.05) is 16.4 Å². The van der Waals surface area contributed by atoms with E-state index in [1.54, 1.807) is 30.5 Å². The van der Waals surface area contributed by atoms with Crippen LogP contribution >= 0.6 is 15.9 Å². The largest absolute Gasteiger partial charge is 0.356 e. The molecule has 0 aliphatic heterocycles. The first-order chi connectivity index (χ1) is 9.33. The smallest absolute Gasteiger partial charge is 0.272 e. The van der Waals surface area contributed by atoms with Crippen LogP contribution in [-0.4, -0.2) is 25.6 Å². The first kappa shape index (κ1) is 14.6. The summed E-state index contributed by atoms with van der Waals surface area (Å²) in [6, 6.07) is 8.10. The molecule has 0 radical (unpaired) electrons. The van der Waals surface area contributed by atoms with E-state index in [1.807, 2.05) is 0 Å². The van der Waals surface area contributed by atoms with Crippen LogP contribution in [0.15, 0.2) is 41.0 Å². The van der Waals surface area contributed by atoms with Gasteiger partial charge in [0.25, 0.3) is 5.91 Å². The van der Waals surface area contributed by atoms with E-state index in [4.69, 9.17) is 0 Å². The molecule has 2 aromatic rings. The van der Waals surface area contributed by atoms with Crippen molar-refractivity contribution in [3.8, 4) is 0 Å². The standard InChI is InChI=1S/C12H12BrN3O3S/c1-20(18,19)16-10-4-2-3-9(6-10)15-12(17)11-5-8(13)7-14-11/h2-7,14,16H,1H3,(H,15,17). The van der Waals surface area contributed by atoms with Crippen molar-refractivity contribution in [1.29, 1.82) is 0 Å². The fraction of sp³-hybridized carbons (Fsp3) is 0.0833. The highest BCUT2D eigenvalue weighted by molar-refractivity contribution is 9.10. The first-order valence-electron chi connectivity index (χ1n) is 5.56. The Bertz CT molecular complexity index is 740. The van der Waals surface area contributed by atoms with Crippen LogP contribution in [-0.2, 0) is 10.0 Å². The maximum absolute atomic E-state index is 11.9. The fourth-order valence-electron chi connectivity index (χ4n) is 1.57. The Hall–Kier alpha value is -1.80. The summed E-state index contributed by atoms with van der Waals surface area (Å²) in [5.74, 6) is -0.313. The molecule has 0 fully saturated rings. The molecule has 3 N–H and O–H groups in total. The number of hydrogen-bond acceptors (Lipinski definition) is 3. The van der Waals surface area contributed by atoms with Gasteiger partial charge in [0.2, 0.25) is 10.0 Å². The lowest BCUT2D eigenvalue weighted by Gasteiger charge is -2.07. The third-order valence-corrected chi connectivity index (χ3v) is 3.38. The summed E-state index contributed by atoms with van der Waals surface area (Å²) in [6.07, 6.45) is 2.71. The van der Waals surface area contributed by atoms with Gasteiger partial charge in [0.1, 0.15) is 5.69 Å². The second-order valence-corrected chi connectivity index (χ2v) is 6.80. The van der Waals surface area contributed by atoms with Gasteiger partial charge >= 0.3 is 0 Å². The summed E-state index contributed by atoms with van der Waals surface area (Å²) in [7, 11) is -3.35. The molecule has 1 aromatic carbocycles. The molecule has 0 aliphatic carbocycles. The van der Waals surface area contributed by atoms with Crippen LogP contribution in [0.2, 0.25) is 0 Å². The van der Waals surface area contributed by atoms with Gasteiger partial charge in [0.15, 0.2) is 0 Å². The zero-order valence-corrected chi connectivity index (χ0v) is 12.9. The summed E-state index contributed by atoms with van der Waals surface area (Å²) in [5, 5.41) is 2.67. The Balaban J connectivity index is 2.14. The minimum atomic E-state index is -3.35. The number of nitrogens with one attached hydrogen (secondary N) is 3. The first-order valence-corrected chi connectivity index (χ1v) is 8.25. The fourth-order valence-corrected chi connectivity index (χ4v) is 2.47. The summed E-state index contributed by atoms with van der Waals surface area (Å²) in [4.78, 5) is 14.7. The zero-order valence-electron chi connectivity index (χ0n) is 10.5. The van der Waals surface area contributed by atoms with Gasteiger partial charge in [0.05, 0.1) is 11.9 Å². The van der Waals surface area contributed by atoms with Crippen molar-refractivity contribution in [2.75, 3.05) is 16.3 Å². The van der Waals surface area contributed by atoms with E-state index in [9.17, 15) is 13.2 Å². The van der Waals surface area contributed by atoms with Crippen LogP contribution in [0.5, 0.6) is 0 Å². The molecule has 1 heterocycles. The summed E-state index contributed by atoms with van der Waals surface area (Å²) in [6.45, 7) is 0. The van der Waals surface area contributed by atoms with Gasteiger partial charge < -0.3 is 10.3 Å².